The van der Waals surface area contributed by atoms with E-state index in [1.54, 1.807) is 18.2 Å². The number of carbonyl (C=O) groups excluding carboxylic acids is 1. The van der Waals surface area contributed by atoms with Crippen molar-refractivity contribution in [2.45, 2.75) is 6.42 Å². The van der Waals surface area contributed by atoms with Crippen LogP contribution in [0.1, 0.15) is 12.0 Å². The number of hydrogen-bond donors (Lipinski definition) is 1. The average molecular weight is 406 g/mol. The number of thioether (sulfide) groups is 1. The average Bonchev–Trinajstić information content (AvgIpc) is 2.95. The molecule has 1 fully saturated rings. The van der Waals surface area contributed by atoms with E-state index in [9.17, 15) is 4.79 Å². The van der Waals surface area contributed by atoms with Gasteiger partial charge >= 0.3 is 0 Å². The molecule has 7 heteroatoms. The summed E-state index contributed by atoms with van der Waals surface area (Å²) < 4.78 is 12.0. The summed E-state index contributed by atoms with van der Waals surface area (Å²) in [5, 5.41) is 3.29. The first kappa shape index (κ1) is 18.8. The summed E-state index contributed by atoms with van der Waals surface area (Å²) in [6.45, 7) is 1.04. The standard InChI is InChI=1S/C19H16ClNO3S2/c20-14-6-8-15(9-7-14)23-10-3-11-24-16-5-2-1-4-13(16)12-17-18(22)21-19(25)26-17/h1-2,4-9,12H,3,10-11H2,(H,21,22,25)/b17-12-. The quantitative estimate of drug-likeness (QED) is 0.412. The molecule has 0 bridgehead atoms. The molecule has 4 nitrogen and oxygen atoms in total. The van der Waals surface area contributed by atoms with Crippen molar-refractivity contribution in [1.29, 1.82) is 0 Å². The van der Waals surface area contributed by atoms with Gasteiger partial charge in [-0.25, -0.2) is 0 Å². The number of nitrogens with one attached hydrogen (secondary N) is 1. The van der Waals surface area contributed by atoms with Crippen LogP contribution in [-0.2, 0) is 4.79 Å². The fraction of sp³-hybridized carbons (Fsp3) is 0.158. The summed E-state index contributed by atoms with van der Waals surface area (Å²) in [5.74, 6) is 1.32. The minimum absolute atomic E-state index is 0.175. The minimum atomic E-state index is -0.175. The van der Waals surface area contributed by atoms with Gasteiger partial charge in [-0.2, -0.15) is 0 Å². The largest absolute Gasteiger partial charge is 0.493 e. The maximum Gasteiger partial charge on any atom is 0.263 e. The molecule has 2 aromatic carbocycles. The van der Waals surface area contributed by atoms with Gasteiger partial charge in [-0.3, -0.25) is 4.79 Å². The van der Waals surface area contributed by atoms with E-state index >= 15 is 0 Å². The van der Waals surface area contributed by atoms with E-state index in [1.165, 1.54) is 11.8 Å². The van der Waals surface area contributed by atoms with Gasteiger partial charge in [0.15, 0.2) is 0 Å². The van der Waals surface area contributed by atoms with Gasteiger partial charge in [-0.05, 0) is 36.4 Å². The molecule has 0 saturated carbocycles. The van der Waals surface area contributed by atoms with Crippen molar-refractivity contribution < 1.29 is 14.3 Å². The lowest BCUT2D eigenvalue weighted by Crippen LogP contribution is -2.17. The number of thiocarbonyl (C=S) groups is 1. The molecular formula is C19H16ClNO3S2. The topological polar surface area (TPSA) is 47.6 Å². The smallest absolute Gasteiger partial charge is 0.263 e. The Morgan fingerprint density at radius 1 is 1.08 bits per heavy atom. The molecule has 1 saturated heterocycles. The van der Waals surface area contributed by atoms with Crippen LogP contribution in [-0.4, -0.2) is 23.4 Å². The molecule has 26 heavy (non-hydrogen) atoms. The third-order valence-electron chi connectivity index (χ3n) is 3.48. The highest BCUT2D eigenvalue weighted by molar-refractivity contribution is 8.26. The minimum Gasteiger partial charge on any atom is -0.493 e. The van der Waals surface area contributed by atoms with Crippen LogP contribution in [0.3, 0.4) is 0 Å². The van der Waals surface area contributed by atoms with Crippen LogP contribution in [0.15, 0.2) is 53.4 Å². The summed E-state index contributed by atoms with van der Waals surface area (Å²) in [4.78, 5) is 12.4. The fourth-order valence-corrected chi connectivity index (χ4v) is 3.42. The SMILES string of the molecule is O=C1NC(=S)S/C1=C\c1ccccc1OCCCOc1ccc(Cl)cc1. The highest BCUT2D eigenvalue weighted by atomic mass is 35.5. The predicted molar refractivity (Wildman–Crippen MR) is 110 cm³/mol. The Morgan fingerprint density at radius 2 is 1.81 bits per heavy atom. The van der Waals surface area contributed by atoms with Crippen molar-refractivity contribution in [1.82, 2.24) is 5.32 Å². The maximum absolute atomic E-state index is 11.8. The van der Waals surface area contributed by atoms with Crippen molar-refractivity contribution in [3.63, 3.8) is 0 Å². The van der Waals surface area contributed by atoms with Gasteiger partial charge < -0.3 is 14.8 Å². The lowest BCUT2D eigenvalue weighted by Gasteiger charge is -2.10. The van der Waals surface area contributed by atoms with Crippen LogP contribution in [0.2, 0.25) is 5.02 Å². The number of hydrogen-bond acceptors (Lipinski definition) is 5. The van der Waals surface area contributed by atoms with Crippen LogP contribution in [0.25, 0.3) is 6.08 Å². The monoisotopic (exact) mass is 405 g/mol. The Kier molecular flexibility index (Phi) is 6.55. The first-order valence-corrected chi connectivity index (χ1v) is 9.57. The van der Waals surface area contributed by atoms with Gasteiger partial charge in [0.1, 0.15) is 15.8 Å². The molecule has 1 N–H and O–H groups in total. The van der Waals surface area contributed by atoms with Crippen molar-refractivity contribution in [2.75, 3.05) is 13.2 Å². The van der Waals surface area contributed by atoms with E-state index in [2.05, 4.69) is 5.32 Å². The van der Waals surface area contributed by atoms with Crippen LogP contribution in [0.4, 0.5) is 0 Å². The highest BCUT2D eigenvalue weighted by Gasteiger charge is 2.22. The second kappa shape index (κ2) is 9.07. The zero-order valence-electron chi connectivity index (χ0n) is 13.7. The third kappa shape index (κ3) is 5.24. The lowest BCUT2D eigenvalue weighted by atomic mass is 10.2. The Hall–Kier alpha value is -2.02. The summed E-state index contributed by atoms with van der Waals surface area (Å²) in [6.07, 6.45) is 2.52. The molecule has 0 aromatic heterocycles. The number of ether oxygens (including phenoxy) is 2. The summed E-state index contributed by atoms with van der Waals surface area (Å²) in [6, 6.07) is 14.8. The summed E-state index contributed by atoms with van der Waals surface area (Å²) in [5.41, 5.74) is 0.841. The first-order chi connectivity index (χ1) is 12.6. The molecule has 0 atom stereocenters. The van der Waals surface area contributed by atoms with Gasteiger partial charge in [-0.1, -0.05) is 53.8 Å². The van der Waals surface area contributed by atoms with Crippen LogP contribution < -0.4 is 14.8 Å². The first-order valence-electron chi connectivity index (χ1n) is 7.97. The van der Waals surface area contributed by atoms with Crippen molar-refractivity contribution in [2.24, 2.45) is 0 Å². The second-order valence-corrected chi connectivity index (χ2v) is 7.55. The lowest BCUT2D eigenvalue weighted by molar-refractivity contribution is -0.115. The van der Waals surface area contributed by atoms with Crippen LogP contribution in [0, 0.1) is 0 Å². The summed E-state index contributed by atoms with van der Waals surface area (Å²) >= 11 is 12.1. The number of amides is 1. The van der Waals surface area contributed by atoms with Crippen molar-refractivity contribution in [3.8, 4) is 11.5 Å². The molecule has 2 aromatic rings. The van der Waals surface area contributed by atoms with Gasteiger partial charge in [0.25, 0.3) is 5.91 Å². The third-order valence-corrected chi connectivity index (χ3v) is 4.89. The highest BCUT2D eigenvalue weighted by Crippen LogP contribution is 2.29. The normalized spacial score (nSPS) is 15.2. The molecule has 0 aliphatic carbocycles. The molecule has 1 heterocycles. The number of para-hydroxylation sites is 1. The molecule has 3 rings (SSSR count). The van der Waals surface area contributed by atoms with Gasteiger partial charge in [-0.15, -0.1) is 0 Å². The van der Waals surface area contributed by atoms with Gasteiger partial charge in [0.05, 0.1) is 18.1 Å². The van der Waals surface area contributed by atoms with Crippen LogP contribution >= 0.6 is 35.6 Å². The van der Waals surface area contributed by atoms with Crippen molar-refractivity contribution in [3.05, 3.63) is 64.0 Å². The molecule has 0 spiro atoms. The Bertz CT molecular complexity index is 837. The zero-order valence-corrected chi connectivity index (χ0v) is 16.1. The summed E-state index contributed by atoms with van der Waals surface area (Å²) in [7, 11) is 0. The number of halogens is 1. The van der Waals surface area contributed by atoms with E-state index in [0.29, 0.717) is 27.5 Å². The Labute approximate surface area is 166 Å². The van der Waals surface area contributed by atoms with E-state index in [1.807, 2.05) is 36.4 Å². The molecule has 0 radical (unpaired) electrons. The Balaban J connectivity index is 1.52. The second-order valence-electron chi connectivity index (χ2n) is 5.39. The molecule has 1 aliphatic rings. The van der Waals surface area contributed by atoms with E-state index in [-0.39, 0.29) is 5.91 Å². The van der Waals surface area contributed by atoms with E-state index < -0.39 is 0 Å². The fourth-order valence-electron chi connectivity index (χ4n) is 2.26. The molecule has 0 unspecified atom stereocenters. The van der Waals surface area contributed by atoms with E-state index in [0.717, 1.165) is 23.5 Å². The number of carbonyl (C=O) groups is 1. The van der Waals surface area contributed by atoms with E-state index in [4.69, 9.17) is 33.3 Å². The number of rotatable bonds is 7. The Morgan fingerprint density at radius 3 is 2.54 bits per heavy atom. The van der Waals surface area contributed by atoms with Gasteiger partial charge in [0, 0.05) is 17.0 Å². The molecule has 1 aliphatic heterocycles. The molecule has 134 valence electrons. The predicted octanol–water partition coefficient (Wildman–Crippen LogP) is 4.68. The van der Waals surface area contributed by atoms with Crippen LogP contribution in [0.5, 0.6) is 11.5 Å². The zero-order chi connectivity index (χ0) is 18.4. The molecular weight excluding hydrogens is 390 g/mol. The van der Waals surface area contributed by atoms with Gasteiger partial charge in [0.2, 0.25) is 0 Å². The molecule has 1 amide bonds. The number of benzene rings is 2. The maximum atomic E-state index is 11.8. The van der Waals surface area contributed by atoms with Crippen molar-refractivity contribution >= 4 is 51.9 Å².